The van der Waals surface area contributed by atoms with Crippen molar-refractivity contribution < 1.29 is 9.53 Å². The molecule has 3 nitrogen and oxygen atoms in total. The third-order valence-corrected chi connectivity index (χ3v) is 3.63. The highest BCUT2D eigenvalue weighted by atomic mass is 16.5. The van der Waals surface area contributed by atoms with Crippen LogP contribution in [0.2, 0.25) is 0 Å². The second-order valence-corrected chi connectivity index (χ2v) is 4.75. The molecule has 0 aromatic carbocycles. The molecule has 0 bridgehead atoms. The van der Waals surface area contributed by atoms with Gasteiger partial charge in [-0.05, 0) is 44.7 Å². The zero-order chi connectivity index (χ0) is 10.5. The van der Waals surface area contributed by atoms with E-state index >= 15 is 0 Å². The Morgan fingerprint density at radius 3 is 2.47 bits per heavy atom. The number of piperidine rings is 1. The highest BCUT2D eigenvalue weighted by Crippen LogP contribution is 2.23. The van der Waals surface area contributed by atoms with Crippen molar-refractivity contribution in [1.29, 1.82) is 0 Å². The van der Waals surface area contributed by atoms with Crippen LogP contribution in [0.4, 0.5) is 0 Å². The summed E-state index contributed by atoms with van der Waals surface area (Å²) in [5.74, 6) is 1.44. The van der Waals surface area contributed by atoms with Crippen molar-refractivity contribution in [3.63, 3.8) is 0 Å². The largest absolute Gasteiger partial charge is 0.381 e. The number of rotatable bonds is 3. The van der Waals surface area contributed by atoms with E-state index in [0.29, 0.717) is 17.6 Å². The van der Waals surface area contributed by atoms with Crippen LogP contribution in [0, 0.1) is 11.8 Å². The first-order valence-electron chi connectivity index (χ1n) is 6.17. The van der Waals surface area contributed by atoms with Crippen LogP contribution in [0.25, 0.3) is 0 Å². The SMILES string of the molecule is O=C(CC1CCOCC1)C1CCNCC1. The lowest BCUT2D eigenvalue weighted by Gasteiger charge is -2.25. The minimum atomic E-state index is 0.342. The Morgan fingerprint density at radius 1 is 1.13 bits per heavy atom. The van der Waals surface area contributed by atoms with Gasteiger partial charge in [0.25, 0.3) is 0 Å². The Labute approximate surface area is 91.6 Å². The van der Waals surface area contributed by atoms with Gasteiger partial charge in [-0.3, -0.25) is 4.79 Å². The topological polar surface area (TPSA) is 38.3 Å². The van der Waals surface area contributed by atoms with Gasteiger partial charge in [-0.1, -0.05) is 0 Å². The quantitative estimate of drug-likeness (QED) is 0.766. The van der Waals surface area contributed by atoms with Gasteiger partial charge in [-0.2, -0.15) is 0 Å². The van der Waals surface area contributed by atoms with Crippen molar-refractivity contribution in [2.45, 2.75) is 32.1 Å². The van der Waals surface area contributed by atoms with Gasteiger partial charge in [0.2, 0.25) is 0 Å². The molecule has 2 aliphatic rings. The van der Waals surface area contributed by atoms with E-state index in [1.807, 2.05) is 0 Å². The Kier molecular flexibility index (Phi) is 4.15. The van der Waals surface area contributed by atoms with Crippen LogP contribution in [-0.4, -0.2) is 32.1 Å². The molecule has 0 radical (unpaired) electrons. The van der Waals surface area contributed by atoms with E-state index in [-0.39, 0.29) is 0 Å². The Morgan fingerprint density at radius 2 is 1.80 bits per heavy atom. The number of nitrogens with one attached hydrogen (secondary N) is 1. The Balaban J connectivity index is 1.74. The average Bonchev–Trinajstić information content (AvgIpc) is 2.31. The third-order valence-electron chi connectivity index (χ3n) is 3.63. The van der Waals surface area contributed by atoms with Gasteiger partial charge in [0.1, 0.15) is 5.78 Å². The summed E-state index contributed by atoms with van der Waals surface area (Å²) in [5, 5.41) is 3.30. The maximum atomic E-state index is 12.0. The first kappa shape index (κ1) is 11.1. The molecule has 2 rings (SSSR count). The van der Waals surface area contributed by atoms with E-state index in [1.165, 1.54) is 0 Å². The summed E-state index contributed by atoms with van der Waals surface area (Å²) in [7, 11) is 0. The van der Waals surface area contributed by atoms with Gasteiger partial charge >= 0.3 is 0 Å². The highest BCUT2D eigenvalue weighted by Gasteiger charge is 2.24. The average molecular weight is 211 g/mol. The fraction of sp³-hybridized carbons (Fsp3) is 0.917. The first-order chi connectivity index (χ1) is 7.36. The summed E-state index contributed by atoms with van der Waals surface area (Å²) in [6.45, 7) is 3.74. The molecule has 0 aromatic heterocycles. The number of carbonyl (C=O) groups is 1. The first-order valence-corrected chi connectivity index (χ1v) is 6.17. The number of ether oxygens (including phenoxy) is 1. The number of hydrogen-bond donors (Lipinski definition) is 1. The zero-order valence-electron chi connectivity index (χ0n) is 9.34. The standard InChI is InChI=1S/C12H21NO2/c14-12(11-1-5-13-6-2-11)9-10-3-7-15-8-4-10/h10-11,13H,1-9H2. The maximum absolute atomic E-state index is 12.0. The second-order valence-electron chi connectivity index (χ2n) is 4.75. The van der Waals surface area contributed by atoms with E-state index in [1.54, 1.807) is 0 Å². The molecule has 0 aliphatic carbocycles. The van der Waals surface area contributed by atoms with E-state index in [0.717, 1.165) is 58.4 Å². The predicted octanol–water partition coefficient (Wildman–Crippen LogP) is 1.37. The molecule has 0 unspecified atom stereocenters. The minimum Gasteiger partial charge on any atom is -0.381 e. The maximum Gasteiger partial charge on any atom is 0.136 e. The van der Waals surface area contributed by atoms with Gasteiger partial charge in [-0.25, -0.2) is 0 Å². The van der Waals surface area contributed by atoms with Gasteiger partial charge in [-0.15, -0.1) is 0 Å². The molecule has 0 spiro atoms. The molecule has 0 amide bonds. The van der Waals surface area contributed by atoms with E-state index in [4.69, 9.17) is 4.74 Å². The van der Waals surface area contributed by atoms with Gasteiger partial charge in [0.15, 0.2) is 0 Å². The monoisotopic (exact) mass is 211 g/mol. The predicted molar refractivity (Wildman–Crippen MR) is 58.8 cm³/mol. The number of Topliss-reactive ketones (excluding diaryl/α,β-unsaturated/α-hetero) is 1. The van der Waals surface area contributed by atoms with Gasteiger partial charge in [0, 0.05) is 25.6 Å². The minimum absolute atomic E-state index is 0.342. The fourth-order valence-electron chi connectivity index (χ4n) is 2.55. The van der Waals surface area contributed by atoms with Crippen LogP contribution in [0.5, 0.6) is 0 Å². The van der Waals surface area contributed by atoms with Gasteiger partial charge in [0.05, 0.1) is 0 Å². The molecule has 86 valence electrons. The Hall–Kier alpha value is -0.410. The molecule has 2 heterocycles. The molecule has 2 aliphatic heterocycles. The second kappa shape index (κ2) is 5.61. The van der Waals surface area contributed by atoms with E-state index in [9.17, 15) is 4.79 Å². The normalized spacial score (nSPS) is 25.3. The van der Waals surface area contributed by atoms with Gasteiger partial charge < -0.3 is 10.1 Å². The molecule has 2 saturated heterocycles. The van der Waals surface area contributed by atoms with Crippen molar-refractivity contribution in [2.75, 3.05) is 26.3 Å². The molecule has 3 heteroatoms. The molecule has 0 atom stereocenters. The van der Waals surface area contributed by atoms with Crippen LogP contribution >= 0.6 is 0 Å². The smallest absolute Gasteiger partial charge is 0.136 e. The van der Waals surface area contributed by atoms with Crippen LogP contribution in [0.1, 0.15) is 32.1 Å². The third kappa shape index (κ3) is 3.28. The van der Waals surface area contributed by atoms with Crippen LogP contribution in [-0.2, 0) is 9.53 Å². The van der Waals surface area contributed by atoms with E-state index in [2.05, 4.69) is 5.32 Å². The van der Waals surface area contributed by atoms with Crippen molar-refractivity contribution in [3.05, 3.63) is 0 Å². The summed E-state index contributed by atoms with van der Waals surface area (Å²) >= 11 is 0. The molecule has 15 heavy (non-hydrogen) atoms. The summed E-state index contributed by atoms with van der Waals surface area (Å²) in [6.07, 6.45) is 5.05. The Bertz CT molecular complexity index is 206. The van der Waals surface area contributed by atoms with Crippen LogP contribution in [0.15, 0.2) is 0 Å². The summed E-state index contributed by atoms with van der Waals surface area (Å²) in [5.41, 5.74) is 0. The van der Waals surface area contributed by atoms with Crippen molar-refractivity contribution in [2.24, 2.45) is 11.8 Å². The molecule has 0 saturated carbocycles. The summed E-state index contributed by atoms with van der Waals surface area (Å²) < 4.78 is 5.31. The molecule has 2 fully saturated rings. The highest BCUT2D eigenvalue weighted by molar-refractivity contribution is 5.81. The van der Waals surface area contributed by atoms with Crippen molar-refractivity contribution in [1.82, 2.24) is 5.32 Å². The lowest BCUT2D eigenvalue weighted by Crippen LogP contribution is -2.33. The van der Waals surface area contributed by atoms with E-state index < -0.39 is 0 Å². The number of carbonyl (C=O) groups excluding carboxylic acids is 1. The van der Waals surface area contributed by atoms with Crippen LogP contribution < -0.4 is 5.32 Å². The molecular formula is C12H21NO2. The van der Waals surface area contributed by atoms with Crippen molar-refractivity contribution >= 4 is 5.78 Å². The fourth-order valence-corrected chi connectivity index (χ4v) is 2.55. The summed E-state index contributed by atoms with van der Waals surface area (Å²) in [6, 6.07) is 0. The summed E-state index contributed by atoms with van der Waals surface area (Å²) in [4.78, 5) is 12.0. The van der Waals surface area contributed by atoms with Crippen LogP contribution in [0.3, 0.4) is 0 Å². The number of ketones is 1. The molecular weight excluding hydrogens is 190 g/mol. The zero-order valence-corrected chi connectivity index (χ0v) is 9.34. The number of hydrogen-bond acceptors (Lipinski definition) is 3. The molecule has 1 N–H and O–H groups in total. The lowest BCUT2D eigenvalue weighted by molar-refractivity contribution is -0.125. The lowest BCUT2D eigenvalue weighted by atomic mass is 9.85. The molecule has 0 aromatic rings. The van der Waals surface area contributed by atoms with Crippen molar-refractivity contribution in [3.8, 4) is 0 Å².